The van der Waals surface area contributed by atoms with Crippen LogP contribution in [0.25, 0.3) is 0 Å². The van der Waals surface area contributed by atoms with Crippen LogP contribution >= 0.6 is 24.0 Å². The summed E-state index contributed by atoms with van der Waals surface area (Å²) in [5, 5.41) is 3.06. The van der Waals surface area contributed by atoms with Crippen molar-refractivity contribution in [3.63, 3.8) is 0 Å². The van der Waals surface area contributed by atoms with Crippen LogP contribution in [-0.2, 0) is 10.0 Å². The highest BCUT2D eigenvalue weighted by atomic mass is 127. The fourth-order valence-corrected chi connectivity index (χ4v) is 2.86. The number of benzene rings is 1. The van der Waals surface area contributed by atoms with E-state index >= 15 is 0 Å². The van der Waals surface area contributed by atoms with Gasteiger partial charge in [-0.1, -0.05) is 26.0 Å². The van der Waals surface area contributed by atoms with Crippen LogP contribution in [0.3, 0.4) is 0 Å². The molecule has 0 aliphatic rings. The predicted octanol–water partition coefficient (Wildman–Crippen LogP) is 2.83. The first-order valence-corrected chi connectivity index (χ1v) is 9.48. The summed E-state index contributed by atoms with van der Waals surface area (Å²) in [7, 11) is -1.54. The predicted molar refractivity (Wildman–Crippen MR) is 113 cm³/mol. The number of guanidine groups is 1. The lowest BCUT2D eigenvalue weighted by Crippen LogP contribution is -2.30. The lowest BCUT2D eigenvalue weighted by molar-refractivity contribution is 0.465. The van der Waals surface area contributed by atoms with Gasteiger partial charge in [-0.2, -0.15) is 0 Å². The van der Waals surface area contributed by atoms with E-state index in [0.717, 1.165) is 5.69 Å². The van der Waals surface area contributed by atoms with Gasteiger partial charge in [0.25, 0.3) is 0 Å². The Morgan fingerprint density at radius 1 is 1.38 bits per heavy atom. The van der Waals surface area contributed by atoms with E-state index in [4.69, 9.17) is 5.73 Å². The summed E-state index contributed by atoms with van der Waals surface area (Å²) >= 11 is 0. The van der Waals surface area contributed by atoms with Gasteiger partial charge in [-0.25, -0.2) is 12.7 Å². The summed E-state index contributed by atoms with van der Waals surface area (Å²) in [6, 6.07) is 8.05. The highest BCUT2D eigenvalue weighted by molar-refractivity contribution is 14.0. The van der Waals surface area contributed by atoms with Crippen LogP contribution in [0.4, 0.5) is 5.69 Å². The Kier molecular flexibility index (Phi) is 10.5. The topological polar surface area (TPSA) is 87.8 Å². The molecule has 0 unspecified atom stereocenters. The number of hydrogen-bond acceptors (Lipinski definition) is 3. The Morgan fingerprint density at radius 2 is 2.04 bits per heavy atom. The molecule has 24 heavy (non-hydrogen) atoms. The number of nitrogens with two attached hydrogens (primary N) is 1. The fourth-order valence-electron chi connectivity index (χ4n) is 2.02. The van der Waals surface area contributed by atoms with Gasteiger partial charge < -0.3 is 11.1 Å². The Balaban J connectivity index is 0.00000529. The summed E-state index contributed by atoms with van der Waals surface area (Å²) < 4.78 is 24.6. The highest BCUT2D eigenvalue weighted by Crippen LogP contribution is 2.18. The van der Waals surface area contributed by atoms with Crippen molar-refractivity contribution in [3.05, 3.63) is 29.8 Å². The van der Waals surface area contributed by atoms with Gasteiger partial charge in [-0.15, -0.1) is 24.0 Å². The normalized spacial score (nSPS) is 12.3. The Hall–Kier alpha value is -0.870. The average molecular weight is 468 g/mol. The molecule has 0 spiro atoms. The number of rotatable bonds is 8. The van der Waals surface area contributed by atoms with Gasteiger partial charge in [0.1, 0.15) is 0 Å². The zero-order valence-corrected chi connectivity index (χ0v) is 18.0. The van der Waals surface area contributed by atoms with Gasteiger partial charge >= 0.3 is 0 Å². The third-order valence-electron chi connectivity index (χ3n) is 3.58. The molecule has 6 nitrogen and oxygen atoms in total. The molecule has 0 bridgehead atoms. The zero-order valence-electron chi connectivity index (χ0n) is 14.8. The number of aliphatic imine (C=N–C) groups is 1. The van der Waals surface area contributed by atoms with Crippen LogP contribution in [0, 0.1) is 0 Å². The third-order valence-corrected chi connectivity index (χ3v) is 5.44. The maximum atomic E-state index is 11.6. The molecule has 1 aromatic carbocycles. The minimum absolute atomic E-state index is 0. The number of halogens is 1. The number of anilines is 1. The van der Waals surface area contributed by atoms with Crippen molar-refractivity contribution < 1.29 is 8.42 Å². The summed E-state index contributed by atoms with van der Waals surface area (Å²) in [5.41, 5.74) is 8.00. The van der Waals surface area contributed by atoms with Crippen LogP contribution in [0.15, 0.2) is 29.3 Å². The fraction of sp³-hybridized carbons (Fsp3) is 0.562. The summed E-state index contributed by atoms with van der Waals surface area (Å²) in [6.45, 7) is 6.83. The maximum absolute atomic E-state index is 11.6. The second-order valence-electron chi connectivity index (χ2n) is 5.75. The van der Waals surface area contributed by atoms with Crippen LogP contribution in [0.2, 0.25) is 0 Å². The number of hydrogen-bond donors (Lipinski definition) is 2. The molecule has 0 fully saturated rings. The lowest BCUT2D eigenvalue weighted by atomic mass is 10.0. The van der Waals surface area contributed by atoms with Crippen LogP contribution in [0.1, 0.15) is 38.7 Å². The molecule has 0 heterocycles. The van der Waals surface area contributed by atoms with Crippen LogP contribution in [-0.4, -0.2) is 44.6 Å². The number of sulfonamides is 1. The van der Waals surface area contributed by atoms with Crippen molar-refractivity contribution >= 4 is 45.6 Å². The Bertz CT molecular complexity index is 633. The molecule has 1 aromatic rings. The molecule has 0 atom stereocenters. The minimum atomic E-state index is -3.12. The molecule has 138 valence electrons. The molecular weight excluding hydrogens is 439 g/mol. The zero-order chi connectivity index (χ0) is 17.5. The standard InChI is InChI=1S/C16H28N4O2S.HI/c1-5-23(21,22)20(4)11-7-10-18-16(17)19-15-9-6-8-14(12-15)13(2)3;/h6,8-9,12-13H,5,7,10-11H2,1-4H3,(H3,17,18,19);1H. The van der Waals surface area contributed by atoms with Crippen molar-refractivity contribution in [3.8, 4) is 0 Å². The van der Waals surface area contributed by atoms with Crippen LogP contribution < -0.4 is 11.1 Å². The summed E-state index contributed by atoms with van der Waals surface area (Å²) in [5.74, 6) is 0.903. The number of nitrogens with zero attached hydrogens (tertiary/aromatic N) is 2. The van der Waals surface area contributed by atoms with Crippen LogP contribution in [0.5, 0.6) is 0 Å². The van der Waals surface area contributed by atoms with E-state index in [1.165, 1.54) is 9.87 Å². The monoisotopic (exact) mass is 468 g/mol. The molecule has 0 radical (unpaired) electrons. The van der Waals surface area contributed by atoms with E-state index in [2.05, 4.69) is 36.3 Å². The van der Waals surface area contributed by atoms with Gasteiger partial charge in [0.15, 0.2) is 5.96 Å². The largest absolute Gasteiger partial charge is 0.370 e. The first-order chi connectivity index (χ1) is 10.8. The second kappa shape index (κ2) is 10.9. The summed E-state index contributed by atoms with van der Waals surface area (Å²) in [6.07, 6.45) is 0.629. The van der Waals surface area contributed by atoms with E-state index in [1.54, 1.807) is 14.0 Å². The molecule has 0 aromatic heterocycles. The van der Waals surface area contributed by atoms with Gasteiger partial charge in [0, 0.05) is 25.8 Å². The molecule has 0 aliphatic carbocycles. The van der Waals surface area contributed by atoms with Gasteiger partial charge in [-0.3, -0.25) is 4.99 Å². The minimum Gasteiger partial charge on any atom is -0.370 e. The summed E-state index contributed by atoms with van der Waals surface area (Å²) in [4.78, 5) is 4.24. The van der Waals surface area contributed by atoms with Gasteiger partial charge in [0.2, 0.25) is 10.0 Å². The Morgan fingerprint density at radius 3 is 2.62 bits per heavy atom. The first-order valence-electron chi connectivity index (χ1n) is 7.87. The van der Waals surface area contributed by atoms with Crippen molar-refractivity contribution in [2.24, 2.45) is 10.7 Å². The Labute approximate surface area is 163 Å². The van der Waals surface area contributed by atoms with Crippen molar-refractivity contribution in [1.29, 1.82) is 0 Å². The smallest absolute Gasteiger partial charge is 0.213 e. The van der Waals surface area contributed by atoms with Crippen molar-refractivity contribution in [2.75, 3.05) is 31.2 Å². The average Bonchev–Trinajstić information content (AvgIpc) is 2.51. The second-order valence-corrected chi connectivity index (χ2v) is 8.11. The third kappa shape index (κ3) is 7.80. The first kappa shape index (κ1) is 23.1. The molecule has 3 N–H and O–H groups in total. The van der Waals surface area contributed by atoms with E-state index in [-0.39, 0.29) is 29.7 Å². The lowest BCUT2D eigenvalue weighted by Gasteiger charge is -2.15. The van der Waals surface area contributed by atoms with Gasteiger partial charge in [0.05, 0.1) is 5.75 Å². The SMILES string of the molecule is CCS(=O)(=O)N(C)CCCN=C(N)Nc1cccc(C(C)C)c1.I. The van der Waals surface area contributed by atoms with E-state index < -0.39 is 10.0 Å². The van der Waals surface area contributed by atoms with E-state index in [1.807, 2.05) is 12.1 Å². The molecule has 0 aliphatic heterocycles. The number of nitrogens with one attached hydrogen (secondary N) is 1. The quantitative estimate of drug-likeness (QED) is 0.266. The molecule has 0 saturated carbocycles. The highest BCUT2D eigenvalue weighted by Gasteiger charge is 2.13. The molecule has 1 rings (SSSR count). The molecular formula is C16H29IN4O2S. The van der Waals surface area contributed by atoms with Crippen molar-refractivity contribution in [2.45, 2.75) is 33.1 Å². The van der Waals surface area contributed by atoms with Gasteiger partial charge in [-0.05, 0) is 37.0 Å². The molecule has 8 heteroatoms. The molecule has 0 saturated heterocycles. The van der Waals surface area contributed by atoms with E-state index in [0.29, 0.717) is 31.4 Å². The maximum Gasteiger partial charge on any atom is 0.213 e. The van der Waals surface area contributed by atoms with Crippen molar-refractivity contribution in [1.82, 2.24) is 4.31 Å². The van der Waals surface area contributed by atoms with E-state index in [9.17, 15) is 8.42 Å². The molecule has 0 amide bonds.